The zero-order valence-corrected chi connectivity index (χ0v) is 8.97. The molecule has 2 rings (SSSR count). The Morgan fingerprint density at radius 1 is 1.12 bits per heavy atom. The summed E-state index contributed by atoms with van der Waals surface area (Å²) in [5.74, 6) is -0.114. The summed E-state index contributed by atoms with van der Waals surface area (Å²) in [7, 11) is 0. The minimum absolute atomic E-state index is 0.114. The molecule has 0 saturated heterocycles. The number of aromatic nitrogens is 1. The van der Waals surface area contributed by atoms with Crippen molar-refractivity contribution in [1.82, 2.24) is 4.98 Å². The molecule has 0 aliphatic rings. The second kappa shape index (κ2) is 4.57. The molecule has 0 fully saturated rings. The largest absolute Gasteiger partial charge is 0.320 e. The molecule has 3 nitrogen and oxygen atoms in total. The molecule has 0 unspecified atom stereocenters. The monoisotopic (exact) mass is 212 g/mol. The lowest BCUT2D eigenvalue weighted by molar-refractivity contribution is 0.102. The Morgan fingerprint density at radius 2 is 1.88 bits per heavy atom. The minimum Gasteiger partial charge on any atom is -0.320 e. The van der Waals surface area contributed by atoms with Crippen LogP contribution in [-0.2, 0) is 0 Å². The fourth-order valence-electron chi connectivity index (χ4n) is 1.40. The number of pyridine rings is 1. The van der Waals surface area contributed by atoms with Gasteiger partial charge in [0.05, 0.1) is 11.4 Å². The molecule has 0 radical (unpaired) electrons. The molecule has 0 spiro atoms. The average molecular weight is 212 g/mol. The molecule has 16 heavy (non-hydrogen) atoms. The predicted octanol–water partition coefficient (Wildman–Crippen LogP) is 2.64. The third-order valence-electron chi connectivity index (χ3n) is 2.29. The second-order valence-electron chi connectivity index (χ2n) is 3.46. The number of amides is 1. The summed E-state index contributed by atoms with van der Waals surface area (Å²) in [4.78, 5) is 15.9. The van der Waals surface area contributed by atoms with Crippen molar-refractivity contribution in [2.75, 3.05) is 5.32 Å². The van der Waals surface area contributed by atoms with Gasteiger partial charge in [-0.25, -0.2) is 0 Å². The minimum atomic E-state index is -0.114. The van der Waals surface area contributed by atoms with Gasteiger partial charge < -0.3 is 5.32 Å². The van der Waals surface area contributed by atoms with Crippen LogP contribution >= 0.6 is 0 Å². The van der Waals surface area contributed by atoms with Crippen LogP contribution in [0.5, 0.6) is 0 Å². The van der Waals surface area contributed by atoms with Crippen LogP contribution in [0.4, 0.5) is 5.69 Å². The SMILES string of the molecule is Cc1ncccc1NC(=O)c1ccccc1. The summed E-state index contributed by atoms with van der Waals surface area (Å²) in [6, 6.07) is 12.8. The van der Waals surface area contributed by atoms with Crippen LogP contribution < -0.4 is 5.32 Å². The summed E-state index contributed by atoms with van der Waals surface area (Å²) >= 11 is 0. The number of hydrogen-bond acceptors (Lipinski definition) is 2. The van der Waals surface area contributed by atoms with Crippen molar-refractivity contribution < 1.29 is 4.79 Å². The smallest absolute Gasteiger partial charge is 0.255 e. The van der Waals surface area contributed by atoms with Gasteiger partial charge >= 0.3 is 0 Å². The van der Waals surface area contributed by atoms with Crippen molar-refractivity contribution in [3.63, 3.8) is 0 Å². The summed E-state index contributed by atoms with van der Waals surface area (Å²) in [6.07, 6.45) is 1.70. The molecular formula is C13H12N2O. The quantitative estimate of drug-likeness (QED) is 0.831. The zero-order chi connectivity index (χ0) is 11.4. The molecule has 80 valence electrons. The van der Waals surface area contributed by atoms with Crippen molar-refractivity contribution in [3.8, 4) is 0 Å². The highest BCUT2D eigenvalue weighted by Gasteiger charge is 2.06. The summed E-state index contributed by atoms with van der Waals surface area (Å²) in [5.41, 5.74) is 2.20. The van der Waals surface area contributed by atoms with Gasteiger partial charge in [-0.3, -0.25) is 9.78 Å². The Bertz CT molecular complexity index is 494. The molecule has 2 aromatic rings. The van der Waals surface area contributed by atoms with E-state index < -0.39 is 0 Å². The van der Waals surface area contributed by atoms with E-state index in [9.17, 15) is 4.79 Å². The first kappa shape index (κ1) is 10.4. The number of nitrogens with zero attached hydrogens (tertiary/aromatic N) is 1. The van der Waals surface area contributed by atoms with Gasteiger partial charge in [-0.1, -0.05) is 18.2 Å². The second-order valence-corrected chi connectivity index (χ2v) is 3.46. The van der Waals surface area contributed by atoms with E-state index in [0.29, 0.717) is 5.56 Å². The van der Waals surface area contributed by atoms with E-state index in [1.165, 1.54) is 0 Å². The highest BCUT2D eigenvalue weighted by atomic mass is 16.1. The lowest BCUT2D eigenvalue weighted by Crippen LogP contribution is -2.12. The molecule has 0 atom stereocenters. The van der Waals surface area contributed by atoms with Crippen LogP contribution in [0.3, 0.4) is 0 Å². The summed E-state index contributed by atoms with van der Waals surface area (Å²) in [5, 5.41) is 2.83. The van der Waals surface area contributed by atoms with E-state index in [0.717, 1.165) is 11.4 Å². The number of aryl methyl sites for hydroxylation is 1. The van der Waals surface area contributed by atoms with Gasteiger partial charge in [-0.15, -0.1) is 0 Å². The Hall–Kier alpha value is -2.16. The Balaban J connectivity index is 2.18. The van der Waals surface area contributed by atoms with Gasteiger partial charge in [0.15, 0.2) is 0 Å². The number of carbonyl (C=O) groups is 1. The van der Waals surface area contributed by atoms with E-state index in [2.05, 4.69) is 10.3 Å². The third-order valence-corrected chi connectivity index (χ3v) is 2.29. The van der Waals surface area contributed by atoms with Crippen molar-refractivity contribution in [2.24, 2.45) is 0 Å². The predicted molar refractivity (Wildman–Crippen MR) is 63.4 cm³/mol. The molecule has 1 amide bonds. The fourth-order valence-corrected chi connectivity index (χ4v) is 1.40. The van der Waals surface area contributed by atoms with Crippen molar-refractivity contribution >= 4 is 11.6 Å². The molecule has 0 aliphatic heterocycles. The fraction of sp³-hybridized carbons (Fsp3) is 0.0769. The first-order chi connectivity index (χ1) is 7.77. The van der Waals surface area contributed by atoms with Gasteiger partial charge in [0, 0.05) is 11.8 Å². The summed E-state index contributed by atoms with van der Waals surface area (Å²) < 4.78 is 0. The van der Waals surface area contributed by atoms with E-state index in [4.69, 9.17) is 0 Å². The maximum absolute atomic E-state index is 11.8. The van der Waals surface area contributed by atoms with Crippen molar-refractivity contribution in [2.45, 2.75) is 6.92 Å². The molecule has 0 saturated carbocycles. The number of carbonyl (C=O) groups excluding carboxylic acids is 1. The molecule has 0 aliphatic carbocycles. The maximum atomic E-state index is 11.8. The van der Waals surface area contributed by atoms with Gasteiger partial charge in [-0.2, -0.15) is 0 Å². The van der Waals surface area contributed by atoms with E-state index in [-0.39, 0.29) is 5.91 Å². The third kappa shape index (κ3) is 2.25. The van der Waals surface area contributed by atoms with Crippen molar-refractivity contribution in [1.29, 1.82) is 0 Å². The maximum Gasteiger partial charge on any atom is 0.255 e. The first-order valence-corrected chi connectivity index (χ1v) is 5.05. The Labute approximate surface area is 94.1 Å². The van der Waals surface area contributed by atoms with Crippen LogP contribution in [0.25, 0.3) is 0 Å². The number of nitrogens with one attached hydrogen (secondary N) is 1. The van der Waals surface area contributed by atoms with Crippen LogP contribution in [0.1, 0.15) is 16.1 Å². The topological polar surface area (TPSA) is 42.0 Å². The average Bonchev–Trinajstić information content (AvgIpc) is 2.33. The van der Waals surface area contributed by atoms with Crippen molar-refractivity contribution in [3.05, 3.63) is 59.9 Å². The lowest BCUT2D eigenvalue weighted by atomic mass is 10.2. The van der Waals surface area contributed by atoms with Crippen LogP contribution in [0, 0.1) is 6.92 Å². The van der Waals surface area contributed by atoms with Gasteiger partial charge in [0.25, 0.3) is 5.91 Å². The first-order valence-electron chi connectivity index (χ1n) is 5.05. The van der Waals surface area contributed by atoms with Gasteiger partial charge in [-0.05, 0) is 31.2 Å². The van der Waals surface area contributed by atoms with Crippen LogP contribution in [0.15, 0.2) is 48.7 Å². The zero-order valence-electron chi connectivity index (χ0n) is 8.97. The number of benzene rings is 1. The molecule has 0 bridgehead atoms. The molecule has 1 heterocycles. The van der Waals surface area contributed by atoms with Gasteiger partial charge in [0.1, 0.15) is 0 Å². The molecule has 1 aromatic carbocycles. The van der Waals surface area contributed by atoms with E-state index in [1.807, 2.05) is 31.2 Å². The molecule has 1 N–H and O–H groups in total. The molecular weight excluding hydrogens is 200 g/mol. The number of hydrogen-bond donors (Lipinski definition) is 1. The van der Waals surface area contributed by atoms with Crippen LogP contribution in [0.2, 0.25) is 0 Å². The van der Waals surface area contributed by atoms with Gasteiger partial charge in [0.2, 0.25) is 0 Å². The Kier molecular flexibility index (Phi) is 2.96. The number of anilines is 1. The van der Waals surface area contributed by atoms with Crippen LogP contribution in [-0.4, -0.2) is 10.9 Å². The highest BCUT2D eigenvalue weighted by molar-refractivity contribution is 6.04. The normalized spacial score (nSPS) is 9.81. The highest BCUT2D eigenvalue weighted by Crippen LogP contribution is 2.12. The standard InChI is InChI=1S/C13H12N2O/c1-10-12(8-5-9-14-10)15-13(16)11-6-3-2-4-7-11/h2-9H,1H3,(H,15,16). The number of rotatable bonds is 2. The Morgan fingerprint density at radius 3 is 2.56 bits per heavy atom. The lowest BCUT2D eigenvalue weighted by Gasteiger charge is -2.06. The van der Waals surface area contributed by atoms with E-state index >= 15 is 0 Å². The molecule has 1 aromatic heterocycles. The summed E-state index contributed by atoms with van der Waals surface area (Å²) in [6.45, 7) is 1.86. The van der Waals surface area contributed by atoms with E-state index in [1.54, 1.807) is 24.4 Å². The molecule has 3 heteroatoms.